The average Bonchev–Trinajstić information content (AvgIpc) is 3.02. The van der Waals surface area contributed by atoms with E-state index in [4.69, 9.17) is 11.6 Å². The lowest BCUT2D eigenvalue weighted by molar-refractivity contribution is 0.609. The normalized spacial score (nSPS) is 22.0. The number of thiophene rings is 1. The smallest absolute Gasteiger partial charge is 0.0557 e. The number of halogens is 1. The van der Waals surface area contributed by atoms with Crippen molar-refractivity contribution in [2.45, 2.75) is 31.1 Å². The molecular formula is C21H17ClS. The van der Waals surface area contributed by atoms with Gasteiger partial charge in [0.05, 0.1) is 5.38 Å². The molecule has 2 aliphatic carbocycles. The molecular weight excluding hydrogens is 320 g/mol. The molecule has 1 aromatic heterocycles. The minimum absolute atomic E-state index is 0.0763. The van der Waals surface area contributed by atoms with Gasteiger partial charge in [0.25, 0.3) is 0 Å². The zero-order valence-electron chi connectivity index (χ0n) is 13.2. The summed E-state index contributed by atoms with van der Waals surface area (Å²) in [5, 5.41) is 2.88. The highest BCUT2D eigenvalue weighted by atomic mass is 35.5. The van der Waals surface area contributed by atoms with E-state index < -0.39 is 0 Å². The molecule has 0 N–H and O–H groups in total. The maximum Gasteiger partial charge on any atom is 0.0557 e. The molecule has 1 unspecified atom stereocenters. The van der Waals surface area contributed by atoms with E-state index in [9.17, 15) is 0 Å². The predicted molar refractivity (Wildman–Crippen MR) is 103 cm³/mol. The molecule has 2 heteroatoms. The second-order valence-corrected chi connectivity index (χ2v) is 8.67. The van der Waals surface area contributed by atoms with Gasteiger partial charge in [-0.2, -0.15) is 0 Å². The lowest BCUT2D eigenvalue weighted by atomic mass is 9.78. The van der Waals surface area contributed by atoms with E-state index in [1.165, 1.54) is 42.4 Å². The van der Waals surface area contributed by atoms with E-state index in [1.54, 1.807) is 0 Å². The summed E-state index contributed by atoms with van der Waals surface area (Å²) in [6.45, 7) is 4.69. The van der Waals surface area contributed by atoms with Crippen LogP contribution in [0.25, 0.3) is 25.7 Å². The van der Waals surface area contributed by atoms with E-state index in [0.29, 0.717) is 0 Å². The third-order valence-electron chi connectivity index (χ3n) is 5.44. The molecule has 0 nitrogen and oxygen atoms in total. The average molecular weight is 337 g/mol. The summed E-state index contributed by atoms with van der Waals surface area (Å²) in [6, 6.07) is 13.4. The van der Waals surface area contributed by atoms with Gasteiger partial charge in [0.1, 0.15) is 0 Å². The van der Waals surface area contributed by atoms with Gasteiger partial charge in [-0.05, 0) is 23.6 Å². The van der Waals surface area contributed by atoms with Crippen molar-refractivity contribution in [1.82, 2.24) is 0 Å². The zero-order valence-corrected chi connectivity index (χ0v) is 14.8. The topological polar surface area (TPSA) is 0 Å². The predicted octanol–water partition coefficient (Wildman–Crippen LogP) is 6.67. The molecule has 0 fully saturated rings. The summed E-state index contributed by atoms with van der Waals surface area (Å²) in [5.74, 6) is 0. The largest absolute Gasteiger partial charge is 0.135 e. The number of allylic oxidation sites excluding steroid dienone is 4. The van der Waals surface area contributed by atoms with Crippen LogP contribution in [0, 0.1) is 0 Å². The number of benzene rings is 2. The van der Waals surface area contributed by atoms with Gasteiger partial charge in [-0.25, -0.2) is 0 Å². The summed E-state index contributed by atoms with van der Waals surface area (Å²) in [5.41, 5.74) is 5.90. The fourth-order valence-corrected chi connectivity index (χ4v) is 5.73. The van der Waals surface area contributed by atoms with Crippen molar-refractivity contribution in [2.75, 3.05) is 0 Å². The molecule has 23 heavy (non-hydrogen) atoms. The molecule has 0 spiro atoms. The molecule has 1 atom stereocenters. The van der Waals surface area contributed by atoms with Gasteiger partial charge in [0, 0.05) is 31.2 Å². The van der Waals surface area contributed by atoms with E-state index in [2.05, 4.69) is 62.4 Å². The van der Waals surface area contributed by atoms with Gasteiger partial charge < -0.3 is 0 Å². The number of hydrogen-bond donors (Lipinski definition) is 0. The lowest BCUT2D eigenvalue weighted by Crippen LogP contribution is -2.20. The first kappa shape index (κ1) is 13.8. The molecule has 3 aromatic rings. The molecule has 0 amide bonds. The van der Waals surface area contributed by atoms with Crippen molar-refractivity contribution < 1.29 is 0 Å². The van der Waals surface area contributed by atoms with Crippen LogP contribution in [0.2, 0.25) is 0 Å². The summed E-state index contributed by atoms with van der Waals surface area (Å²) in [4.78, 5) is 0. The monoisotopic (exact) mass is 336 g/mol. The minimum atomic E-state index is 0.0763. The van der Waals surface area contributed by atoms with Crippen molar-refractivity contribution in [3.05, 3.63) is 65.3 Å². The van der Waals surface area contributed by atoms with Crippen LogP contribution in [-0.4, -0.2) is 5.38 Å². The van der Waals surface area contributed by atoms with Crippen LogP contribution in [0.1, 0.15) is 31.4 Å². The van der Waals surface area contributed by atoms with Crippen LogP contribution in [0.3, 0.4) is 0 Å². The van der Waals surface area contributed by atoms with Crippen molar-refractivity contribution in [3.63, 3.8) is 0 Å². The highest BCUT2D eigenvalue weighted by Crippen LogP contribution is 2.54. The second-order valence-electron chi connectivity index (χ2n) is 7.06. The van der Waals surface area contributed by atoms with Crippen LogP contribution in [0.5, 0.6) is 0 Å². The van der Waals surface area contributed by atoms with Gasteiger partial charge >= 0.3 is 0 Å². The Bertz CT molecular complexity index is 1030. The molecule has 0 saturated carbocycles. The number of rotatable bonds is 0. The summed E-state index contributed by atoms with van der Waals surface area (Å²) in [7, 11) is 0. The van der Waals surface area contributed by atoms with Crippen molar-refractivity contribution in [3.8, 4) is 0 Å². The van der Waals surface area contributed by atoms with Crippen LogP contribution in [0.15, 0.2) is 54.1 Å². The Labute approximate surface area is 145 Å². The van der Waals surface area contributed by atoms with Gasteiger partial charge in [0.2, 0.25) is 0 Å². The van der Waals surface area contributed by atoms with Gasteiger partial charge in [-0.3, -0.25) is 0 Å². The SMILES string of the molecule is CC1(C)C2=C(C=CC(Cl)C2)c2c1ccc1c2sc2ccccc21. The van der Waals surface area contributed by atoms with E-state index in [1.807, 2.05) is 11.3 Å². The molecule has 2 aliphatic rings. The Morgan fingerprint density at radius 1 is 1.09 bits per heavy atom. The fourth-order valence-electron chi connectivity index (χ4n) is 4.24. The first-order chi connectivity index (χ1) is 11.1. The Morgan fingerprint density at radius 3 is 2.78 bits per heavy atom. The van der Waals surface area contributed by atoms with Crippen LogP contribution in [-0.2, 0) is 5.41 Å². The quantitative estimate of drug-likeness (QED) is 0.402. The molecule has 5 rings (SSSR count). The van der Waals surface area contributed by atoms with Crippen molar-refractivity contribution >= 4 is 48.7 Å². The van der Waals surface area contributed by atoms with Gasteiger partial charge in [0.15, 0.2) is 0 Å². The Kier molecular flexibility index (Phi) is 2.70. The van der Waals surface area contributed by atoms with Gasteiger partial charge in [-0.15, -0.1) is 22.9 Å². The molecule has 0 aliphatic heterocycles. The van der Waals surface area contributed by atoms with Gasteiger partial charge in [-0.1, -0.05) is 61.9 Å². The highest BCUT2D eigenvalue weighted by Gasteiger charge is 2.39. The summed E-state index contributed by atoms with van der Waals surface area (Å²) in [6.07, 6.45) is 5.37. The number of alkyl halides is 1. The standard InChI is InChI=1S/C21H17ClS/c1-21(2)16-10-9-14-13-5-3-4-6-18(13)23-20(14)19(16)15-8-7-12(22)11-17(15)21/h3-10,12H,11H2,1-2H3. The number of hydrogen-bond acceptors (Lipinski definition) is 1. The molecule has 0 bridgehead atoms. The van der Waals surface area contributed by atoms with Crippen molar-refractivity contribution in [1.29, 1.82) is 0 Å². The Balaban J connectivity index is 1.92. The number of fused-ring (bicyclic) bond motifs is 6. The fraction of sp³-hybridized carbons (Fsp3) is 0.238. The maximum atomic E-state index is 6.42. The Hall–Kier alpha value is -1.57. The van der Waals surface area contributed by atoms with Crippen molar-refractivity contribution in [2.24, 2.45) is 0 Å². The Morgan fingerprint density at radius 2 is 1.91 bits per heavy atom. The molecule has 0 radical (unpaired) electrons. The van der Waals surface area contributed by atoms with Crippen LogP contribution in [0.4, 0.5) is 0 Å². The second kappa shape index (κ2) is 4.49. The summed E-state index contributed by atoms with van der Waals surface area (Å²) >= 11 is 8.34. The molecule has 1 heterocycles. The zero-order chi connectivity index (χ0) is 15.8. The first-order valence-electron chi connectivity index (χ1n) is 8.08. The maximum absolute atomic E-state index is 6.42. The van der Waals surface area contributed by atoms with E-state index >= 15 is 0 Å². The van der Waals surface area contributed by atoms with Crippen LogP contribution >= 0.6 is 22.9 Å². The third-order valence-corrected chi connectivity index (χ3v) is 6.94. The third kappa shape index (κ3) is 1.72. The highest BCUT2D eigenvalue weighted by molar-refractivity contribution is 7.26. The molecule has 2 aromatic carbocycles. The molecule has 0 saturated heterocycles. The van der Waals surface area contributed by atoms with E-state index in [-0.39, 0.29) is 10.8 Å². The minimum Gasteiger partial charge on any atom is -0.135 e. The summed E-state index contributed by atoms with van der Waals surface area (Å²) < 4.78 is 2.80. The molecule has 114 valence electrons. The van der Waals surface area contributed by atoms with E-state index in [0.717, 1.165) is 6.42 Å². The van der Waals surface area contributed by atoms with Crippen LogP contribution < -0.4 is 0 Å². The first-order valence-corrected chi connectivity index (χ1v) is 9.33. The lowest BCUT2D eigenvalue weighted by Gasteiger charge is -2.27.